The highest BCUT2D eigenvalue weighted by Crippen LogP contribution is 2.35. The lowest BCUT2D eigenvalue weighted by atomic mass is 9.98. The molecule has 0 radical (unpaired) electrons. The number of carbonyl (C=O) groups excluding carboxylic acids is 3. The number of nitrogens with one attached hydrogen (secondary N) is 3. The number of carbonyl (C=O) groups is 3. The summed E-state index contributed by atoms with van der Waals surface area (Å²) in [4.78, 5) is 46.8. The van der Waals surface area contributed by atoms with Gasteiger partial charge < -0.3 is 30.3 Å². The Hall–Kier alpha value is -4.92. The third-order valence-electron chi connectivity index (χ3n) is 11.1. The zero-order valence-corrected chi connectivity index (χ0v) is 41.4. The Balaban J connectivity index is 1.37. The molecule has 0 fully saturated rings. The van der Waals surface area contributed by atoms with Gasteiger partial charge in [0.1, 0.15) is 0 Å². The molecule has 3 N–H and O–H groups in total. The number of hydrogen-bond donors (Lipinski definition) is 3. The van der Waals surface area contributed by atoms with E-state index in [9.17, 15) is 27.6 Å². The van der Waals surface area contributed by atoms with E-state index in [0.29, 0.717) is 66.3 Å². The van der Waals surface area contributed by atoms with Gasteiger partial charge >= 0.3 is 6.18 Å². The lowest BCUT2D eigenvalue weighted by Crippen LogP contribution is -2.45. The molecular formula is C52H70F3N5O5S. The van der Waals surface area contributed by atoms with Crippen molar-refractivity contribution >= 4 is 40.9 Å². The van der Waals surface area contributed by atoms with Gasteiger partial charge in [0, 0.05) is 83.9 Å². The van der Waals surface area contributed by atoms with Crippen molar-refractivity contribution in [2.75, 3.05) is 36.5 Å². The maximum Gasteiger partial charge on any atom is 0.416 e. The Morgan fingerprint density at radius 2 is 1.39 bits per heavy atom. The first-order valence-corrected chi connectivity index (χ1v) is 23.7. The number of alkyl halides is 3. The van der Waals surface area contributed by atoms with Gasteiger partial charge in [0.2, 0.25) is 5.91 Å². The predicted octanol–water partition coefficient (Wildman–Crippen LogP) is 11.9. The molecule has 0 atom stereocenters. The zero-order valence-electron chi connectivity index (χ0n) is 40.6. The Bertz CT molecular complexity index is 2250. The van der Waals surface area contributed by atoms with Gasteiger partial charge in [-0.2, -0.15) is 24.9 Å². The summed E-state index contributed by atoms with van der Waals surface area (Å²) < 4.78 is 51.9. The standard InChI is InChI=1S/C52H70F3N5O5S/c1-12-60(13-2)41-20-21-43(42(33-41)44-32-39(23-27-56-44)46(62)57-34-36-16-15-19-40(31-36)52(53,54)55)58-47(63)38-18-14-17-37(30-38)35-66-51(10,11)26-29-65-50(8,9)24-22-45(61)59-49(6,7)25-28-64-48(3,4)5/h14-21,23,27,30-33H,12-13,22,24-26,28-29,34-35H2,1-11H3,(H,57,62)(H,58,63)(H,59,61). The Morgan fingerprint density at radius 1 is 0.727 bits per heavy atom. The summed E-state index contributed by atoms with van der Waals surface area (Å²) in [6, 6.07) is 21.2. The molecule has 14 heteroatoms. The normalized spacial score (nSPS) is 12.5. The minimum atomic E-state index is -4.49. The quantitative estimate of drug-likeness (QED) is 0.0672. The molecule has 0 spiro atoms. The number of halogens is 3. The van der Waals surface area contributed by atoms with Gasteiger partial charge in [-0.1, -0.05) is 38.1 Å². The molecule has 10 nitrogen and oxygen atoms in total. The molecule has 1 heterocycles. The average molecular weight is 934 g/mol. The molecule has 0 aliphatic carbocycles. The van der Waals surface area contributed by atoms with Crippen molar-refractivity contribution in [3.63, 3.8) is 0 Å². The van der Waals surface area contributed by atoms with Gasteiger partial charge in [-0.15, -0.1) is 0 Å². The molecule has 3 aromatic carbocycles. The van der Waals surface area contributed by atoms with Crippen LogP contribution in [-0.4, -0.2) is 70.5 Å². The van der Waals surface area contributed by atoms with Gasteiger partial charge in [0.05, 0.1) is 28.1 Å². The van der Waals surface area contributed by atoms with Crippen molar-refractivity contribution in [3.05, 3.63) is 113 Å². The van der Waals surface area contributed by atoms with Crippen molar-refractivity contribution in [2.45, 2.75) is 142 Å². The lowest BCUT2D eigenvalue weighted by molar-refractivity contribution is -0.137. The highest BCUT2D eigenvalue weighted by atomic mass is 32.2. The van der Waals surface area contributed by atoms with Crippen LogP contribution in [-0.2, 0) is 32.7 Å². The van der Waals surface area contributed by atoms with Crippen molar-refractivity contribution < 1.29 is 37.0 Å². The van der Waals surface area contributed by atoms with Crippen LogP contribution < -0.4 is 20.9 Å². The molecule has 0 saturated carbocycles. The molecule has 0 aliphatic rings. The molecule has 360 valence electrons. The number of nitrogens with zero attached hydrogens (tertiary/aromatic N) is 2. The van der Waals surface area contributed by atoms with Gasteiger partial charge in [-0.3, -0.25) is 19.4 Å². The van der Waals surface area contributed by atoms with Crippen LogP contribution in [0.4, 0.5) is 24.5 Å². The number of amides is 3. The number of benzene rings is 3. The number of anilines is 2. The third kappa shape index (κ3) is 17.7. The predicted molar refractivity (Wildman–Crippen MR) is 262 cm³/mol. The fraction of sp³-hybridized carbons (Fsp3) is 0.500. The lowest BCUT2D eigenvalue weighted by Gasteiger charge is -2.31. The van der Waals surface area contributed by atoms with Crippen LogP contribution >= 0.6 is 11.8 Å². The topological polar surface area (TPSA) is 122 Å². The molecule has 4 aromatic rings. The second-order valence-electron chi connectivity index (χ2n) is 19.4. The van der Waals surface area contributed by atoms with Crippen molar-refractivity contribution in [1.82, 2.24) is 15.6 Å². The monoisotopic (exact) mass is 934 g/mol. The second-order valence-corrected chi connectivity index (χ2v) is 21.1. The summed E-state index contributed by atoms with van der Waals surface area (Å²) in [6.45, 7) is 25.1. The van der Waals surface area contributed by atoms with Crippen LogP contribution in [0.25, 0.3) is 11.3 Å². The molecular weight excluding hydrogens is 864 g/mol. The van der Waals surface area contributed by atoms with E-state index >= 15 is 0 Å². The maximum atomic E-state index is 13.9. The SMILES string of the molecule is CCN(CC)c1ccc(NC(=O)c2cccc(CSC(C)(C)CCOC(C)(C)CCC(=O)NC(C)(C)CCOC(C)(C)C)c2)c(-c2cc(C(=O)NCc3cccc(C(F)(F)F)c3)ccn2)c1. The molecule has 0 bridgehead atoms. The van der Waals surface area contributed by atoms with E-state index in [1.54, 1.807) is 23.9 Å². The molecule has 1 aromatic heterocycles. The highest BCUT2D eigenvalue weighted by molar-refractivity contribution is 7.99. The number of aromatic nitrogens is 1. The van der Waals surface area contributed by atoms with Crippen molar-refractivity contribution in [1.29, 1.82) is 0 Å². The summed E-state index contributed by atoms with van der Waals surface area (Å²) in [7, 11) is 0. The van der Waals surface area contributed by atoms with E-state index in [1.165, 1.54) is 24.4 Å². The summed E-state index contributed by atoms with van der Waals surface area (Å²) >= 11 is 1.78. The van der Waals surface area contributed by atoms with E-state index in [-0.39, 0.29) is 39.8 Å². The number of thioether (sulfide) groups is 1. The van der Waals surface area contributed by atoms with Gasteiger partial charge in [0.15, 0.2) is 0 Å². The van der Waals surface area contributed by atoms with Crippen LogP contribution in [0, 0.1) is 0 Å². The van der Waals surface area contributed by atoms with Gasteiger partial charge in [0.25, 0.3) is 11.8 Å². The molecule has 3 amide bonds. The Morgan fingerprint density at radius 3 is 2.08 bits per heavy atom. The number of rotatable bonds is 23. The van der Waals surface area contributed by atoms with E-state index < -0.39 is 23.2 Å². The van der Waals surface area contributed by atoms with Crippen LogP contribution in [0.5, 0.6) is 0 Å². The summed E-state index contributed by atoms with van der Waals surface area (Å²) in [5, 5.41) is 8.94. The minimum Gasteiger partial charge on any atom is -0.376 e. The molecule has 0 saturated heterocycles. The maximum absolute atomic E-state index is 13.9. The molecule has 0 unspecified atom stereocenters. The van der Waals surface area contributed by atoms with Crippen LogP contribution in [0.2, 0.25) is 0 Å². The van der Waals surface area contributed by atoms with Gasteiger partial charge in [-0.25, -0.2) is 0 Å². The van der Waals surface area contributed by atoms with E-state index in [0.717, 1.165) is 42.9 Å². The third-order valence-corrected chi connectivity index (χ3v) is 12.6. The first kappa shape index (κ1) is 53.7. The van der Waals surface area contributed by atoms with Crippen molar-refractivity contribution in [2.24, 2.45) is 0 Å². The summed E-state index contributed by atoms with van der Waals surface area (Å²) in [5.74, 6) is -0.123. The number of pyridine rings is 1. The van der Waals surface area contributed by atoms with Crippen molar-refractivity contribution in [3.8, 4) is 11.3 Å². The largest absolute Gasteiger partial charge is 0.416 e. The molecule has 0 aliphatic heterocycles. The first-order valence-electron chi connectivity index (χ1n) is 22.7. The second kappa shape index (κ2) is 23.2. The minimum absolute atomic E-state index is 0.00388. The zero-order chi connectivity index (χ0) is 48.9. The number of hydrogen-bond acceptors (Lipinski definition) is 8. The summed E-state index contributed by atoms with van der Waals surface area (Å²) in [5.41, 5.74) is 2.64. The summed E-state index contributed by atoms with van der Waals surface area (Å²) in [6.07, 6.45) is -0.544. The van der Waals surface area contributed by atoms with E-state index in [4.69, 9.17) is 9.47 Å². The molecule has 66 heavy (non-hydrogen) atoms. The average Bonchev–Trinajstić information content (AvgIpc) is 3.24. The van der Waals surface area contributed by atoms with Gasteiger partial charge in [-0.05, 0) is 147 Å². The first-order chi connectivity index (χ1) is 30.8. The number of ether oxygens (including phenoxy) is 2. The molecule has 4 rings (SSSR count). The van der Waals surface area contributed by atoms with Crippen LogP contribution in [0.3, 0.4) is 0 Å². The fourth-order valence-corrected chi connectivity index (χ4v) is 7.99. The smallest absolute Gasteiger partial charge is 0.376 e. The van der Waals surface area contributed by atoms with E-state index in [2.05, 4.69) is 39.7 Å². The van der Waals surface area contributed by atoms with Crippen LogP contribution in [0.15, 0.2) is 85.1 Å². The highest BCUT2D eigenvalue weighted by Gasteiger charge is 2.31. The Kier molecular flexibility index (Phi) is 18.9. The van der Waals surface area contributed by atoms with Crippen LogP contribution in [0.1, 0.15) is 139 Å². The Labute approximate surface area is 394 Å². The fourth-order valence-electron chi connectivity index (χ4n) is 7.02. The van der Waals surface area contributed by atoms with E-state index in [1.807, 2.05) is 98.7 Å².